The third kappa shape index (κ3) is 6.10. The first kappa shape index (κ1) is 18.7. The van der Waals surface area contributed by atoms with E-state index in [-0.39, 0.29) is 19.0 Å². The molecule has 23 heavy (non-hydrogen) atoms. The van der Waals surface area contributed by atoms with Crippen LogP contribution in [0.15, 0.2) is 24.3 Å². The van der Waals surface area contributed by atoms with Crippen molar-refractivity contribution in [3.63, 3.8) is 0 Å². The van der Waals surface area contributed by atoms with Crippen molar-refractivity contribution in [3.8, 4) is 11.8 Å². The minimum absolute atomic E-state index is 0.0541. The predicted octanol–water partition coefficient (Wildman–Crippen LogP) is -0.595. The Kier molecular flexibility index (Phi) is 6.75. The molecule has 0 saturated carbocycles. The van der Waals surface area contributed by atoms with Gasteiger partial charge >= 0.3 is 0 Å². The number of amides is 2. The summed E-state index contributed by atoms with van der Waals surface area (Å²) in [7, 11) is -0.545. The van der Waals surface area contributed by atoms with Crippen LogP contribution in [0.4, 0.5) is 0 Å². The van der Waals surface area contributed by atoms with Crippen molar-refractivity contribution in [1.82, 2.24) is 14.9 Å². The molecule has 0 saturated heterocycles. The Bertz CT molecular complexity index is 747. The van der Waals surface area contributed by atoms with Crippen molar-refractivity contribution in [2.24, 2.45) is 0 Å². The smallest absolute Gasteiger partial charge is 0.252 e. The van der Waals surface area contributed by atoms with E-state index >= 15 is 0 Å². The molecule has 0 heterocycles. The molecule has 2 N–H and O–H groups in total. The normalized spacial score (nSPS) is 10.6. The summed E-state index contributed by atoms with van der Waals surface area (Å²) in [4.78, 5) is 23.3. The van der Waals surface area contributed by atoms with E-state index in [0.29, 0.717) is 11.1 Å². The minimum atomic E-state index is -3.40. The molecular formula is C15H19N3O4S. The molecule has 0 aliphatic carbocycles. The van der Waals surface area contributed by atoms with Crippen molar-refractivity contribution >= 4 is 21.8 Å². The van der Waals surface area contributed by atoms with Crippen LogP contribution in [0.1, 0.15) is 15.9 Å². The Morgan fingerprint density at radius 2 is 1.91 bits per heavy atom. The molecule has 0 spiro atoms. The summed E-state index contributed by atoms with van der Waals surface area (Å²) in [6.07, 6.45) is 1.02. The van der Waals surface area contributed by atoms with Gasteiger partial charge in [0.05, 0.1) is 24.9 Å². The molecule has 0 aliphatic rings. The average molecular weight is 337 g/mol. The van der Waals surface area contributed by atoms with E-state index in [1.165, 1.54) is 14.1 Å². The SMILES string of the molecule is CNC(=O)c1ccccc1C#CCNC(=O)CN(C)S(C)(=O)=O. The molecule has 0 radical (unpaired) electrons. The second-order valence-electron chi connectivity index (χ2n) is 4.72. The lowest BCUT2D eigenvalue weighted by Crippen LogP contribution is -2.37. The Morgan fingerprint density at radius 3 is 2.52 bits per heavy atom. The third-order valence-electron chi connectivity index (χ3n) is 2.93. The fourth-order valence-corrected chi connectivity index (χ4v) is 1.93. The summed E-state index contributed by atoms with van der Waals surface area (Å²) < 4.78 is 23.3. The van der Waals surface area contributed by atoms with Crippen molar-refractivity contribution in [2.45, 2.75) is 0 Å². The lowest BCUT2D eigenvalue weighted by Gasteiger charge is -2.12. The molecule has 0 aromatic heterocycles. The van der Waals surface area contributed by atoms with Crippen LogP contribution in [0, 0.1) is 11.8 Å². The Labute approximate surface area is 136 Å². The average Bonchev–Trinajstić information content (AvgIpc) is 2.50. The summed E-state index contributed by atoms with van der Waals surface area (Å²) in [6, 6.07) is 6.86. The molecular weight excluding hydrogens is 318 g/mol. The van der Waals surface area contributed by atoms with E-state index in [1.54, 1.807) is 24.3 Å². The van der Waals surface area contributed by atoms with Gasteiger partial charge in [-0.05, 0) is 12.1 Å². The zero-order valence-corrected chi connectivity index (χ0v) is 14.0. The fraction of sp³-hybridized carbons (Fsp3) is 0.333. The summed E-state index contributed by atoms with van der Waals surface area (Å²) >= 11 is 0. The summed E-state index contributed by atoms with van der Waals surface area (Å²) in [5.41, 5.74) is 1.000. The monoisotopic (exact) mass is 337 g/mol. The number of benzene rings is 1. The molecule has 1 rings (SSSR count). The molecule has 7 nitrogen and oxygen atoms in total. The first-order valence-electron chi connectivity index (χ1n) is 6.73. The fourth-order valence-electron chi connectivity index (χ4n) is 1.58. The molecule has 0 atom stereocenters. The number of carbonyl (C=O) groups is 2. The predicted molar refractivity (Wildman–Crippen MR) is 87.2 cm³/mol. The van der Waals surface area contributed by atoms with Crippen molar-refractivity contribution in [1.29, 1.82) is 0 Å². The number of likely N-dealkylation sites (N-methyl/N-ethyl adjacent to an activating group) is 1. The van der Waals surface area contributed by atoms with Crippen LogP contribution in [-0.2, 0) is 14.8 Å². The third-order valence-corrected chi connectivity index (χ3v) is 4.19. The van der Waals surface area contributed by atoms with Crippen LogP contribution in [0.3, 0.4) is 0 Å². The Morgan fingerprint density at radius 1 is 1.26 bits per heavy atom. The van der Waals surface area contributed by atoms with E-state index in [0.717, 1.165) is 10.6 Å². The number of hydrogen-bond acceptors (Lipinski definition) is 4. The van der Waals surface area contributed by atoms with Crippen LogP contribution in [-0.4, -0.2) is 58.0 Å². The van der Waals surface area contributed by atoms with E-state index in [4.69, 9.17) is 0 Å². The first-order valence-corrected chi connectivity index (χ1v) is 8.58. The zero-order valence-electron chi connectivity index (χ0n) is 13.2. The lowest BCUT2D eigenvalue weighted by atomic mass is 10.1. The molecule has 0 aliphatic heterocycles. The number of carbonyl (C=O) groups excluding carboxylic acids is 2. The second-order valence-corrected chi connectivity index (χ2v) is 6.81. The van der Waals surface area contributed by atoms with Crippen molar-refractivity contribution in [2.75, 3.05) is 33.4 Å². The summed E-state index contributed by atoms with van der Waals surface area (Å²) in [5.74, 6) is 4.85. The Hall–Kier alpha value is -2.37. The van der Waals surface area contributed by atoms with Crippen LogP contribution >= 0.6 is 0 Å². The molecule has 0 unspecified atom stereocenters. The maximum absolute atomic E-state index is 11.7. The topological polar surface area (TPSA) is 95.6 Å². The maximum atomic E-state index is 11.7. The quantitative estimate of drug-likeness (QED) is 0.702. The van der Waals surface area contributed by atoms with Gasteiger partial charge in [-0.15, -0.1) is 0 Å². The highest BCUT2D eigenvalue weighted by molar-refractivity contribution is 7.88. The van der Waals surface area contributed by atoms with E-state index in [9.17, 15) is 18.0 Å². The van der Waals surface area contributed by atoms with E-state index < -0.39 is 15.9 Å². The van der Waals surface area contributed by atoms with Gasteiger partial charge in [0.25, 0.3) is 5.91 Å². The molecule has 0 fully saturated rings. The highest BCUT2D eigenvalue weighted by atomic mass is 32.2. The molecule has 2 amide bonds. The molecule has 1 aromatic rings. The number of sulfonamides is 1. The summed E-state index contributed by atoms with van der Waals surface area (Å²) in [5, 5.41) is 5.03. The van der Waals surface area contributed by atoms with E-state index in [1.807, 2.05) is 0 Å². The highest BCUT2D eigenvalue weighted by Gasteiger charge is 2.14. The highest BCUT2D eigenvalue weighted by Crippen LogP contribution is 2.06. The Balaban J connectivity index is 2.63. The van der Waals surface area contributed by atoms with Crippen molar-refractivity contribution < 1.29 is 18.0 Å². The maximum Gasteiger partial charge on any atom is 0.252 e. The lowest BCUT2D eigenvalue weighted by molar-refractivity contribution is -0.120. The molecule has 0 bridgehead atoms. The van der Waals surface area contributed by atoms with Gasteiger partial charge in [0.1, 0.15) is 0 Å². The molecule has 1 aromatic carbocycles. The van der Waals surface area contributed by atoms with Gasteiger partial charge in [0.15, 0.2) is 0 Å². The molecule has 124 valence electrons. The number of nitrogens with one attached hydrogen (secondary N) is 2. The minimum Gasteiger partial charge on any atom is -0.355 e. The van der Waals surface area contributed by atoms with Gasteiger partial charge < -0.3 is 10.6 Å². The number of rotatable bonds is 5. The van der Waals surface area contributed by atoms with Crippen LogP contribution < -0.4 is 10.6 Å². The standard InChI is InChI=1S/C15H19N3O4S/c1-16-15(20)13-9-5-4-7-12(13)8-6-10-17-14(19)11-18(2)23(3,21)22/h4-5,7,9H,10-11H2,1-3H3,(H,16,20)(H,17,19). The zero-order chi connectivity index (χ0) is 17.5. The first-order chi connectivity index (χ1) is 10.8. The molecule has 8 heteroatoms. The number of hydrogen-bond donors (Lipinski definition) is 2. The van der Waals surface area contributed by atoms with Gasteiger partial charge in [-0.2, -0.15) is 4.31 Å². The number of nitrogens with zero attached hydrogens (tertiary/aromatic N) is 1. The van der Waals surface area contributed by atoms with Crippen LogP contribution in [0.25, 0.3) is 0 Å². The summed E-state index contributed by atoms with van der Waals surface area (Å²) in [6.45, 7) is -0.214. The van der Waals surface area contributed by atoms with Crippen molar-refractivity contribution in [3.05, 3.63) is 35.4 Å². The van der Waals surface area contributed by atoms with Gasteiger partial charge in [-0.1, -0.05) is 24.0 Å². The van der Waals surface area contributed by atoms with E-state index in [2.05, 4.69) is 22.5 Å². The second kappa shape index (κ2) is 8.31. The van der Waals surface area contributed by atoms with Crippen LogP contribution in [0.5, 0.6) is 0 Å². The van der Waals surface area contributed by atoms with Crippen LogP contribution in [0.2, 0.25) is 0 Å². The largest absolute Gasteiger partial charge is 0.355 e. The van der Waals surface area contributed by atoms with Gasteiger partial charge in [-0.3, -0.25) is 9.59 Å². The van der Waals surface area contributed by atoms with Gasteiger partial charge in [0, 0.05) is 19.7 Å². The van der Waals surface area contributed by atoms with Gasteiger partial charge in [0.2, 0.25) is 15.9 Å². The van der Waals surface area contributed by atoms with Gasteiger partial charge in [-0.25, -0.2) is 8.42 Å².